The van der Waals surface area contributed by atoms with Crippen molar-refractivity contribution in [3.63, 3.8) is 0 Å². The number of carboxylic acids is 1. The minimum Gasteiger partial charge on any atom is -0.481 e. The molecule has 18 heavy (non-hydrogen) atoms. The Kier molecular flexibility index (Phi) is 2.47. The first-order chi connectivity index (χ1) is 8.66. The second-order valence-corrected chi connectivity index (χ2v) is 4.77. The minimum absolute atomic E-state index is 0.0304. The first kappa shape index (κ1) is 11.1. The lowest BCUT2D eigenvalue weighted by atomic mass is 10.0. The largest absolute Gasteiger partial charge is 0.481 e. The second-order valence-electron chi connectivity index (χ2n) is 4.77. The Morgan fingerprint density at radius 3 is 3.11 bits per heavy atom. The molecule has 0 unspecified atom stereocenters. The molecule has 0 bridgehead atoms. The van der Waals surface area contributed by atoms with Gasteiger partial charge < -0.3 is 15.0 Å². The molecule has 1 aromatic heterocycles. The van der Waals surface area contributed by atoms with Crippen LogP contribution in [0.1, 0.15) is 13.3 Å². The number of H-pyrrole nitrogens is 1. The van der Waals surface area contributed by atoms with Crippen LogP contribution >= 0.6 is 0 Å². The number of hydrogen-bond acceptors (Lipinski definition) is 3. The molecule has 1 aromatic carbocycles. The van der Waals surface area contributed by atoms with E-state index in [1.165, 1.54) is 0 Å². The van der Waals surface area contributed by atoms with Crippen LogP contribution in [0.4, 0.5) is 5.69 Å². The summed E-state index contributed by atoms with van der Waals surface area (Å²) < 4.78 is 0. The quantitative estimate of drug-likeness (QED) is 0.847. The van der Waals surface area contributed by atoms with Gasteiger partial charge in [0.25, 0.3) is 0 Å². The molecule has 0 aliphatic carbocycles. The number of benzene rings is 1. The van der Waals surface area contributed by atoms with Gasteiger partial charge in [0, 0.05) is 18.3 Å². The summed E-state index contributed by atoms with van der Waals surface area (Å²) in [6, 6.07) is 6.03. The number of nitrogens with one attached hydrogen (secondary N) is 1. The van der Waals surface area contributed by atoms with Crippen LogP contribution in [0.25, 0.3) is 11.0 Å². The number of carboxylic acid groups (broad SMARTS) is 1. The molecule has 2 aromatic rings. The number of rotatable bonds is 2. The van der Waals surface area contributed by atoms with Crippen LogP contribution in [0.5, 0.6) is 0 Å². The Hall–Kier alpha value is -2.04. The lowest BCUT2D eigenvalue weighted by molar-refractivity contribution is -0.141. The predicted molar refractivity (Wildman–Crippen MR) is 68.6 cm³/mol. The van der Waals surface area contributed by atoms with Crippen molar-refractivity contribution in [2.45, 2.75) is 19.4 Å². The van der Waals surface area contributed by atoms with Gasteiger partial charge in [-0.05, 0) is 31.5 Å². The molecule has 2 N–H and O–H groups in total. The summed E-state index contributed by atoms with van der Waals surface area (Å²) in [6.07, 6.45) is 2.37. The highest BCUT2D eigenvalue weighted by atomic mass is 16.4. The molecular formula is C13H15N3O2. The van der Waals surface area contributed by atoms with E-state index in [9.17, 15) is 4.79 Å². The number of hydrogen-bond donors (Lipinski definition) is 2. The van der Waals surface area contributed by atoms with Crippen molar-refractivity contribution < 1.29 is 9.90 Å². The van der Waals surface area contributed by atoms with E-state index in [1.807, 2.05) is 25.1 Å². The first-order valence-electron chi connectivity index (χ1n) is 6.09. The zero-order valence-electron chi connectivity index (χ0n) is 10.1. The van der Waals surface area contributed by atoms with E-state index in [-0.39, 0.29) is 12.0 Å². The van der Waals surface area contributed by atoms with Gasteiger partial charge in [0.1, 0.15) is 0 Å². The predicted octanol–water partition coefficient (Wildman–Crippen LogP) is 1.86. The Morgan fingerprint density at radius 1 is 1.56 bits per heavy atom. The number of aromatic nitrogens is 2. The summed E-state index contributed by atoms with van der Waals surface area (Å²) >= 11 is 0. The number of anilines is 1. The van der Waals surface area contributed by atoms with Crippen molar-refractivity contribution >= 4 is 22.7 Å². The number of aromatic amines is 1. The van der Waals surface area contributed by atoms with Gasteiger partial charge in [-0.2, -0.15) is 0 Å². The molecular weight excluding hydrogens is 230 g/mol. The smallest absolute Gasteiger partial charge is 0.308 e. The van der Waals surface area contributed by atoms with Crippen LogP contribution in [0, 0.1) is 5.92 Å². The molecule has 5 heteroatoms. The standard InChI is InChI=1S/C13H15N3O2/c1-8-10(13(17)18)4-5-16(8)9-2-3-11-12(6-9)15-7-14-11/h2-3,6-8,10H,4-5H2,1H3,(H,14,15)(H,17,18)/t8-,10+/m1/s1. The highest BCUT2D eigenvalue weighted by molar-refractivity contribution is 5.80. The van der Waals surface area contributed by atoms with Gasteiger partial charge in [-0.1, -0.05) is 0 Å². The maximum absolute atomic E-state index is 11.1. The van der Waals surface area contributed by atoms with E-state index in [0.717, 1.165) is 23.3 Å². The minimum atomic E-state index is -0.701. The maximum Gasteiger partial charge on any atom is 0.308 e. The average molecular weight is 245 g/mol. The third-order valence-corrected chi connectivity index (χ3v) is 3.81. The Balaban J connectivity index is 1.93. The van der Waals surface area contributed by atoms with Crippen molar-refractivity contribution in [3.05, 3.63) is 24.5 Å². The van der Waals surface area contributed by atoms with Gasteiger partial charge >= 0.3 is 5.97 Å². The van der Waals surface area contributed by atoms with Gasteiger partial charge in [-0.3, -0.25) is 4.79 Å². The van der Waals surface area contributed by atoms with E-state index < -0.39 is 5.97 Å². The molecule has 2 heterocycles. The van der Waals surface area contributed by atoms with Crippen molar-refractivity contribution in [2.75, 3.05) is 11.4 Å². The van der Waals surface area contributed by atoms with Gasteiger partial charge in [0.2, 0.25) is 0 Å². The summed E-state index contributed by atoms with van der Waals surface area (Å²) in [6.45, 7) is 2.76. The molecule has 5 nitrogen and oxygen atoms in total. The zero-order chi connectivity index (χ0) is 12.7. The number of fused-ring (bicyclic) bond motifs is 1. The van der Waals surface area contributed by atoms with E-state index in [0.29, 0.717) is 6.42 Å². The van der Waals surface area contributed by atoms with E-state index in [4.69, 9.17) is 5.11 Å². The first-order valence-corrected chi connectivity index (χ1v) is 6.09. The van der Waals surface area contributed by atoms with Gasteiger partial charge in [-0.15, -0.1) is 0 Å². The number of aliphatic carboxylic acids is 1. The Bertz CT molecular complexity index is 593. The normalized spacial score (nSPS) is 23.7. The van der Waals surface area contributed by atoms with Crippen LogP contribution in [-0.2, 0) is 4.79 Å². The maximum atomic E-state index is 11.1. The molecule has 3 rings (SSSR count). The van der Waals surface area contributed by atoms with Gasteiger partial charge in [0.05, 0.1) is 23.3 Å². The molecule has 1 saturated heterocycles. The summed E-state index contributed by atoms with van der Waals surface area (Å²) in [7, 11) is 0. The topological polar surface area (TPSA) is 69.2 Å². The van der Waals surface area contributed by atoms with E-state index in [1.54, 1.807) is 6.33 Å². The van der Waals surface area contributed by atoms with Gasteiger partial charge in [0.15, 0.2) is 0 Å². The van der Waals surface area contributed by atoms with E-state index in [2.05, 4.69) is 14.9 Å². The number of nitrogens with zero attached hydrogens (tertiary/aromatic N) is 2. The molecule has 2 atom stereocenters. The van der Waals surface area contributed by atoms with Crippen molar-refractivity contribution in [1.29, 1.82) is 0 Å². The Morgan fingerprint density at radius 2 is 2.39 bits per heavy atom. The fourth-order valence-corrected chi connectivity index (χ4v) is 2.74. The van der Waals surface area contributed by atoms with Crippen molar-refractivity contribution in [1.82, 2.24) is 9.97 Å². The van der Waals surface area contributed by atoms with Crippen LogP contribution < -0.4 is 4.90 Å². The third-order valence-electron chi connectivity index (χ3n) is 3.81. The van der Waals surface area contributed by atoms with Crippen molar-refractivity contribution in [3.8, 4) is 0 Å². The van der Waals surface area contributed by atoms with Crippen molar-refractivity contribution in [2.24, 2.45) is 5.92 Å². The number of imidazole rings is 1. The monoisotopic (exact) mass is 245 g/mol. The van der Waals surface area contributed by atoms with Crippen LogP contribution in [-0.4, -0.2) is 33.6 Å². The summed E-state index contributed by atoms with van der Waals surface area (Å²) in [5, 5.41) is 9.14. The highest BCUT2D eigenvalue weighted by Crippen LogP contribution is 2.31. The molecule has 0 saturated carbocycles. The van der Waals surface area contributed by atoms with Crippen LogP contribution in [0.15, 0.2) is 24.5 Å². The summed E-state index contributed by atoms with van der Waals surface area (Å²) in [4.78, 5) is 20.5. The lowest BCUT2D eigenvalue weighted by Gasteiger charge is -2.25. The fraction of sp³-hybridized carbons (Fsp3) is 0.385. The SMILES string of the molecule is C[C@@H]1[C@@H](C(=O)O)CCN1c1ccc2nc[nH]c2c1. The molecule has 0 amide bonds. The molecule has 1 aliphatic heterocycles. The van der Waals surface area contributed by atoms with Gasteiger partial charge in [-0.25, -0.2) is 4.98 Å². The lowest BCUT2D eigenvalue weighted by Crippen LogP contribution is -2.32. The zero-order valence-corrected chi connectivity index (χ0v) is 10.1. The summed E-state index contributed by atoms with van der Waals surface area (Å²) in [5.74, 6) is -0.977. The Labute approximate surface area is 104 Å². The average Bonchev–Trinajstić information content (AvgIpc) is 2.93. The molecule has 94 valence electrons. The molecule has 0 radical (unpaired) electrons. The summed E-state index contributed by atoms with van der Waals surface area (Å²) in [5.41, 5.74) is 2.97. The van der Waals surface area contributed by atoms with Crippen LogP contribution in [0.3, 0.4) is 0 Å². The number of carbonyl (C=O) groups is 1. The third kappa shape index (κ3) is 1.63. The highest BCUT2D eigenvalue weighted by Gasteiger charge is 2.35. The van der Waals surface area contributed by atoms with Crippen LogP contribution in [0.2, 0.25) is 0 Å². The fourth-order valence-electron chi connectivity index (χ4n) is 2.74. The van der Waals surface area contributed by atoms with E-state index >= 15 is 0 Å². The molecule has 1 aliphatic rings. The molecule has 0 spiro atoms. The molecule has 1 fully saturated rings. The second kappa shape index (κ2) is 4.01.